The molecule has 0 aliphatic rings. The summed E-state index contributed by atoms with van der Waals surface area (Å²) >= 11 is 4.91. The molecule has 2 heterocycles. The van der Waals surface area contributed by atoms with E-state index in [1.54, 1.807) is 41.4 Å². The minimum absolute atomic E-state index is 0.0532. The van der Waals surface area contributed by atoms with Gasteiger partial charge in [0.1, 0.15) is 5.75 Å². The van der Waals surface area contributed by atoms with Gasteiger partial charge in [-0.25, -0.2) is 0 Å². The summed E-state index contributed by atoms with van der Waals surface area (Å²) in [7, 11) is 0. The molecule has 2 aromatic heterocycles. The lowest BCUT2D eigenvalue weighted by Gasteiger charge is -2.10. The number of thioether (sulfide) groups is 1. The van der Waals surface area contributed by atoms with E-state index < -0.39 is 0 Å². The van der Waals surface area contributed by atoms with Crippen molar-refractivity contribution in [2.75, 3.05) is 18.5 Å². The largest absolute Gasteiger partial charge is 0.494 e. The molecule has 27 heavy (non-hydrogen) atoms. The van der Waals surface area contributed by atoms with Gasteiger partial charge in [0.15, 0.2) is 10.1 Å². The van der Waals surface area contributed by atoms with Crippen molar-refractivity contribution in [3.05, 3.63) is 51.7 Å². The maximum absolute atomic E-state index is 11.7. The molecule has 1 aromatic carbocycles. The molecule has 0 fully saturated rings. The summed E-state index contributed by atoms with van der Waals surface area (Å²) in [5.74, 6) is 1.55. The molecule has 0 aliphatic heterocycles. The van der Waals surface area contributed by atoms with Gasteiger partial charge in [-0.15, -0.1) is 21.5 Å². The van der Waals surface area contributed by atoms with E-state index in [-0.39, 0.29) is 5.78 Å². The van der Waals surface area contributed by atoms with Crippen molar-refractivity contribution in [2.24, 2.45) is 0 Å². The standard InChI is InChI=1S/C19H21N3O2S3/c1-3-24-17-7-6-14(13(2)23)11-15(17)12-26-19-22-21-18(27-19)20-9-8-16-5-4-10-25-16/h4-7,10-11H,3,8-9,12H2,1-2H3,(H,20,21). The fourth-order valence-corrected chi connectivity index (χ4v) is 4.90. The molecular weight excluding hydrogens is 398 g/mol. The van der Waals surface area contributed by atoms with E-state index in [2.05, 4.69) is 33.0 Å². The Balaban J connectivity index is 1.57. The first-order chi connectivity index (χ1) is 13.2. The average Bonchev–Trinajstić information content (AvgIpc) is 3.33. The zero-order valence-electron chi connectivity index (χ0n) is 15.2. The van der Waals surface area contributed by atoms with Crippen LogP contribution >= 0.6 is 34.4 Å². The second-order valence-electron chi connectivity index (χ2n) is 5.73. The van der Waals surface area contributed by atoms with Gasteiger partial charge in [0.25, 0.3) is 0 Å². The van der Waals surface area contributed by atoms with Crippen LogP contribution in [0.3, 0.4) is 0 Å². The maximum Gasteiger partial charge on any atom is 0.206 e. The number of benzene rings is 1. The van der Waals surface area contributed by atoms with Gasteiger partial charge in [0, 0.05) is 28.3 Å². The molecule has 1 N–H and O–H groups in total. The SMILES string of the molecule is CCOc1ccc(C(C)=O)cc1CSc1nnc(NCCc2cccs2)s1. The number of nitrogens with one attached hydrogen (secondary N) is 1. The third-order valence-electron chi connectivity index (χ3n) is 3.75. The van der Waals surface area contributed by atoms with Crippen LogP contribution in [-0.4, -0.2) is 29.1 Å². The summed E-state index contributed by atoms with van der Waals surface area (Å²) in [5.41, 5.74) is 1.69. The summed E-state index contributed by atoms with van der Waals surface area (Å²) < 4.78 is 6.58. The van der Waals surface area contributed by atoms with Gasteiger partial charge in [-0.05, 0) is 49.9 Å². The van der Waals surface area contributed by atoms with Crippen molar-refractivity contribution in [1.29, 1.82) is 0 Å². The van der Waals surface area contributed by atoms with Crippen LogP contribution in [0.1, 0.15) is 34.6 Å². The quantitative estimate of drug-likeness (QED) is 0.362. The molecule has 0 unspecified atom stereocenters. The first kappa shape index (κ1) is 19.9. The van der Waals surface area contributed by atoms with E-state index in [4.69, 9.17) is 4.74 Å². The highest BCUT2D eigenvalue weighted by atomic mass is 32.2. The zero-order valence-corrected chi connectivity index (χ0v) is 17.7. The zero-order chi connectivity index (χ0) is 19.1. The van der Waals surface area contributed by atoms with Crippen LogP contribution < -0.4 is 10.1 Å². The number of thiophene rings is 1. The summed E-state index contributed by atoms with van der Waals surface area (Å²) in [6.07, 6.45) is 0.981. The Bertz CT molecular complexity index is 878. The van der Waals surface area contributed by atoms with Crippen LogP contribution in [0.5, 0.6) is 5.75 Å². The van der Waals surface area contributed by atoms with Gasteiger partial charge in [0.05, 0.1) is 6.61 Å². The molecule has 142 valence electrons. The van der Waals surface area contributed by atoms with Crippen LogP contribution in [0, 0.1) is 0 Å². The summed E-state index contributed by atoms with van der Waals surface area (Å²) in [4.78, 5) is 13.0. The molecule has 3 aromatic rings. The lowest BCUT2D eigenvalue weighted by atomic mass is 10.1. The van der Waals surface area contributed by atoms with E-state index in [0.29, 0.717) is 17.9 Å². The highest BCUT2D eigenvalue weighted by Crippen LogP contribution is 2.32. The van der Waals surface area contributed by atoms with E-state index >= 15 is 0 Å². The second kappa shape index (κ2) is 9.87. The maximum atomic E-state index is 11.7. The fourth-order valence-electron chi connectivity index (χ4n) is 2.43. The topological polar surface area (TPSA) is 64.1 Å². The molecule has 0 spiro atoms. The number of anilines is 1. The first-order valence-corrected chi connectivity index (χ1v) is 11.3. The van der Waals surface area contributed by atoms with E-state index in [9.17, 15) is 4.79 Å². The molecule has 5 nitrogen and oxygen atoms in total. The molecule has 0 bridgehead atoms. The van der Waals surface area contributed by atoms with Crippen molar-refractivity contribution in [3.8, 4) is 5.75 Å². The van der Waals surface area contributed by atoms with Gasteiger partial charge in [-0.3, -0.25) is 4.79 Å². The minimum atomic E-state index is 0.0532. The molecule has 8 heteroatoms. The molecule has 3 rings (SSSR count). The normalized spacial score (nSPS) is 10.7. The number of ketones is 1. The van der Waals surface area contributed by atoms with E-state index in [0.717, 1.165) is 33.7 Å². The molecule has 0 radical (unpaired) electrons. The number of ether oxygens (including phenoxy) is 1. The van der Waals surface area contributed by atoms with Crippen molar-refractivity contribution in [2.45, 2.75) is 30.4 Å². The minimum Gasteiger partial charge on any atom is -0.494 e. The Morgan fingerprint density at radius 3 is 2.93 bits per heavy atom. The van der Waals surface area contributed by atoms with Gasteiger partial charge in [-0.2, -0.15) is 0 Å². The van der Waals surface area contributed by atoms with Crippen molar-refractivity contribution < 1.29 is 9.53 Å². The van der Waals surface area contributed by atoms with Gasteiger partial charge < -0.3 is 10.1 Å². The highest BCUT2D eigenvalue weighted by Gasteiger charge is 2.11. The number of aromatic nitrogens is 2. The number of hydrogen-bond acceptors (Lipinski definition) is 8. The molecule has 0 aliphatic carbocycles. The number of nitrogens with zero attached hydrogens (tertiary/aromatic N) is 2. The predicted octanol–water partition coefficient (Wildman–Crippen LogP) is 5.15. The monoisotopic (exact) mass is 419 g/mol. The molecular formula is C19H21N3O2S3. The number of Topliss-reactive ketones (excluding diaryl/α,β-unsaturated/α-hetero) is 1. The summed E-state index contributed by atoms with van der Waals surface area (Å²) in [5, 5.41) is 14.7. The van der Waals surface area contributed by atoms with E-state index in [1.165, 1.54) is 4.88 Å². The fraction of sp³-hybridized carbons (Fsp3) is 0.316. The smallest absolute Gasteiger partial charge is 0.206 e. The van der Waals surface area contributed by atoms with Crippen molar-refractivity contribution >= 4 is 45.4 Å². The van der Waals surface area contributed by atoms with Crippen molar-refractivity contribution in [1.82, 2.24) is 10.2 Å². The Labute approximate surface area is 171 Å². The Kier molecular flexibility index (Phi) is 7.25. The third kappa shape index (κ3) is 5.79. The van der Waals surface area contributed by atoms with Crippen LogP contribution in [0.4, 0.5) is 5.13 Å². The van der Waals surface area contributed by atoms with E-state index in [1.807, 2.05) is 25.1 Å². The number of rotatable bonds is 10. The number of carbonyl (C=O) groups excluding carboxylic acids is 1. The van der Waals surface area contributed by atoms with Gasteiger partial charge >= 0.3 is 0 Å². The number of hydrogen-bond donors (Lipinski definition) is 1. The first-order valence-electron chi connectivity index (χ1n) is 8.65. The lowest BCUT2D eigenvalue weighted by Crippen LogP contribution is -2.03. The Morgan fingerprint density at radius 2 is 2.19 bits per heavy atom. The van der Waals surface area contributed by atoms with Gasteiger partial charge in [-0.1, -0.05) is 29.2 Å². The average molecular weight is 420 g/mol. The van der Waals surface area contributed by atoms with Crippen LogP contribution in [0.2, 0.25) is 0 Å². The van der Waals surface area contributed by atoms with Crippen molar-refractivity contribution in [3.63, 3.8) is 0 Å². The highest BCUT2D eigenvalue weighted by molar-refractivity contribution is 8.00. The molecule has 0 amide bonds. The van der Waals surface area contributed by atoms with Gasteiger partial charge in [0.2, 0.25) is 5.13 Å². The Morgan fingerprint density at radius 1 is 1.30 bits per heavy atom. The lowest BCUT2D eigenvalue weighted by molar-refractivity contribution is 0.101. The molecule has 0 saturated carbocycles. The third-order valence-corrected chi connectivity index (χ3v) is 6.75. The molecule has 0 atom stereocenters. The second-order valence-corrected chi connectivity index (χ2v) is 8.96. The molecule has 0 saturated heterocycles. The summed E-state index contributed by atoms with van der Waals surface area (Å²) in [6, 6.07) is 9.79. The predicted molar refractivity (Wildman–Crippen MR) is 114 cm³/mol. The van der Waals surface area contributed by atoms with Crippen LogP contribution in [0.15, 0.2) is 40.1 Å². The van der Waals surface area contributed by atoms with Crippen LogP contribution in [-0.2, 0) is 12.2 Å². The van der Waals surface area contributed by atoms with Crippen LogP contribution in [0.25, 0.3) is 0 Å². The summed E-state index contributed by atoms with van der Waals surface area (Å²) in [6.45, 7) is 4.96. The Hall–Kier alpha value is -1.90. The number of carbonyl (C=O) groups is 1.